The predicted molar refractivity (Wildman–Crippen MR) is 124 cm³/mol. The second-order valence-electron chi connectivity index (χ2n) is 9.46. The summed E-state index contributed by atoms with van der Waals surface area (Å²) in [5.41, 5.74) is 4.31. The van der Waals surface area contributed by atoms with Gasteiger partial charge in [0.1, 0.15) is 12.6 Å². The van der Waals surface area contributed by atoms with Crippen LogP contribution in [0.2, 0.25) is 0 Å². The number of alkyl halides is 2. The van der Waals surface area contributed by atoms with Crippen LogP contribution in [-0.4, -0.2) is 59.1 Å². The highest BCUT2D eigenvalue weighted by atomic mass is 19.3. The number of carboxylic acids is 1. The standard InChI is InChI=1S/C26H28F2N2O5/c1-15(2)21(11-23(31)30-14-26(27,28)12-22(30)24(32)33)29-25(34)35-13-20-18-9-5-3-7-16(18)17-8-4-6-10-19(17)20/h3-10,15,20-22H,11-14H2,1-2H3,(H,29,34)(H,32,33)/t21-,22-/m0/s1. The number of hydrogen-bond acceptors (Lipinski definition) is 4. The van der Waals surface area contributed by atoms with E-state index in [2.05, 4.69) is 5.32 Å². The molecule has 2 aromatic rings. The van der Waals surface area contributed by atoms with Gasteiger partial charge in [-0.05, 0) is 28.2 Å². The Hall–Kier alpha value is -3.49. The molecule has 1 aliphatic heterocycles. The fourth-order valence-electron chi connectivity index (χ4n) is 4.85. The quantitative estimate of drug-likeness (QED) is 0.610. The topological polar surface area (TPSA) is 95.9 Å². The first-order valence-corrected chi connectivity index (χ1v) is 11.6. The number of hydrogen-bond donors (Lipinski definition) is 2. The number of likely N-dealkylation sites (tertiary alicyclic amines) is 1. The van der Waals surface area contributed by atoms with Gasteiger partial charge in [0.05, 0.1) is 6.54 Å². The molecule has 35 heavy (non-hydrogen) atoms. The van der Waals surface area contributed by atoms with Crippen LogP contribution in [0.3, 0.4) is 0 Å². The summed E-state index contributed by atoms with van der Waals surface area (Å²) in [4.78, 5) is 37.4. The van der Waals surface area contributed by atoms with E-state index < -0.39 is 48.9 Å². The first kappa shape index (κ1) is 24.6. The van der Waals surface area contributed by atoms with E-state index in [1.165, 1.54) is 0 Å². The van der Waals surface area contributed by atoms with Gasteiger partial charge in [-0.15, -0.1) is 0 Å². The summed E-state index contributed by atoms with van der Waals surface area (Å²) in [6, 6.07) is 13.6. The Morgan fingerprint density at radius 1 is 1.09 bits per heavy atom. The van der Waals surface area contributed by atoms with Gasteiger partial charge >= 0.3 is 12.1 Å². The van der Waals surface area contributed by atoms with Crippen LogP contribution in [0.1, 0.15) is 43.7 Å². The van der Waals surface area contributed by atoms with Crippen molar-refractivity contribution in [2.24, 2.45) is 5.92 Å². The molecule has 0 spiro atoms. The van der Waals surface area contributed by atoms with Crippen molar-refractivity contribution < 1.29 is 33.0 Å². The van der Waals surface area contributed by atoms with Gasteiger partial charge < -0.3 is 20.1 Å². The van der Waals surface area contributed by atoms with E-state index >= 15 is 0 Å². The number of amides is 2. The predicted octanol–water partition coefficient (Wildman–Crippen LogP) is 4.26. The molecule has 0 unspecified atom stereocenters. The number of carbonyl (C=O) groups excluding carboxylic acids is 2. The Morgan fingerprint density at radius 3 is 2.20 bits per heavy atom. The van der Waals surface area contributed by atoms with E-state index in [4.69, 9.17) is 4.74 Å². The molecule has 2 aromatic carbocycles. The third-order valence-electron chi connectivity index (χ3n) is 6.72. The number of aliphatic carboxylic acids is 1. The fraction of sp³-hybridized carbons (Fsp3) is 0.423. The Bertz CT molecular complexity index is 1090. The molecule has 0 bridgehead atoms. The summed E-state index contributed by atoms with van der Waals surface area (Å²) < 4.78 is 33.1. The van der Waals surface area contributed by atoms with E-state index in [0.29, 0.717) is 4.90 Å². The summed E-state index contributed by atoms with van der Waals surface area (Å²) in [5, 5.41) is 11.9. The minimum Gasteiger partial charge on any atom is -0.480 e. The Balaban J connectivity index is 1.39. The van der Waals surface area contributed by atoms with Crippen LogP contribution >= 0.6 is 0 Å². The molecular weight excluding hydrogens is 458 g/mol. The zero-order chi connectivity index (χ0) is 25.3. The van der Waals surface area contributed by atoms with Gasteiger partial charge in [0.25, 0.3) is 5.92 Å². The zero-order valence-electron chi connectivity index (χ0n) is 19.5. The maximum absolute atomic E-state index is 13.8. The lowest BCUT2D eigenvalue weighted by atomic mass is 9.98. The monoisotopic (exact) mass is 486 g/mol. The van der Waals surface area contributed by atoms with Gasteiger partial charge in [0, 0.05) is 24.8 Å². The average Bonchev–Trinajstić information content (AvgIpc) is 3.31. The molecule has 7 nitrogen and oxygen atoms in total. The van der Waals surface area contributed by atoms with Crippen molar-refractivity contribution in [2.75, 3.05) is 13.2 Å². The lowest BCUT2D eigenvalue weighted by molar-refractivity contribution is -0.148. The summed E-state index contributed by atoms with van der Waals surface area (Å²) >= 11 is 0. The van der Waals surface area contributed by atoms with Crippen molar-refractivity contribution >= 4 is 18.0 Å². The highest BCUT2D eigenvalue weighted by Gasteiger charge is 2.50. The van der Waals surface area contributed by atoms with Gasteiger partial charge in [0.15, 0.2) is 0 Å². The van der Waals surface area contributed by atoms with Crippen LogP contribution in [0.4, 0.5) is 13.6 Å². The van der Waals surface area contributed by atoms with Gasteiger partial charge in [-0.2, -0.15) is 0 Å². The third-order valence-corrected chi connectivity index (χ3v) is 6.72. The normalized spacial score (nSPS) is 19.2. The molecular formula is C26H28F2N2O5. The van der Waals surface area contributed by atoms with Crippen molar-refractivity contribution in [3.63, 3.8) is 0 Å². The minimum absolute atomic E-state index is 0.0953. The lowest BCUT2D eigenvalue weighted by Gasteiger charge is -2.26. The van der Waals surface area contributed by atoms with Crippen LogP contribution in [0.25, 0.3) is 11.1 Å². The molecule has 1 aliphatic carbocycles. The van der Waals surface area contributed by atoms with Crippen molar-refractivity contribution in [3.8, 4) is 11.1 Å². The number of carboxylic acid groups (broad SMARTS) is 1. The van der Waals surface area contributed by atoms with E-state index in [0.717, 1.165) is 22.3 Å². The van der Waals surface area contributed by atoms with Crippen molar-refractivity contribution in [2.45, 2.75) is 50.6 Å². The summed E-state index contributed by atoms with van der Waals surface area (Å²) in [6.07, 6.45) is -1.94. The lowest BCUT2D eigenvalue weighted by Crippen LogP contribution is -2.46. The first-order valence-electron chi connectivity index (χ1n) is 11.6. The van der Waals surface area contributed by atoms with Crippen molar-refractivity contribution in [1.82, 2.24) is 10.2 Å². The Morgan fingerprint density at radius 2 is 1.66 bits per heavy atom. The van der Waals surface area contributed by atoms with E-state index in [-0.39, 0.29) is 24.9 Å². The number of benzene rings is 2. The van der Waals surface area contributed by atoms with Crippen molar-refractivity contribution in [1.29, 1.82) is 0 Å². The number of fused-ring (bicyclic) bond motifs is 3. The highest BCUT2D eigenvalue weighted by molar-refractivity contribution is 5.85. The number of ether oxygens (including phenoxy) is 1. The smallest absolute Gasteiger partial charge is 0.407 e. The molecule has 1 fully saturated rings. The number of nitrogens with one attached hydrogen (secondary N) is 1. The summed E-state index contributed by atoms with van der Waals surface area (Å²) in [7, 11) is 0. The molecule has 0 saturated carbocycles. The van der Waals surface area contributed by atoms with Crippen LogP contribution in [-0.2, 0) is 14.3 Å². The van der Waals surface area contributed by atoms with Crippen LogP contribution in [0, 0.1) is 5.92 Å². The molecule has 4 rings (SSSR count). The number of rotatable bonds is 7. The van der Waals surface area contributed by atoms with E-state index in [9.17, 15) is 28.3 Å². The molecule has 2 atom stereocenters. The number of alkyl carbamates (subject to hydrolysis) is 1. The fourth-order valence-corrected chi connectivity index (χ4v) is 4.85. The average molecular weight is 487 g/mol. The number of halogens is 2. The van der Waals surface area contributed by atoms with Crippen LogP contribution in [0.15, 0.2) is 48.5 Å². The highest BCUT2D eigenvalue weighted by Crippen LogP contribution is 2.44. The summed E-state index contributed by atoms with van der Waals surface area (Å²) in [6.45, 7) is 2.69. The molecule has 2 amide bonds. The summed E-state index contributed by atoms with van der Waals surface area (Å²) in [5.74, 6) is -5.82. The number of carbonyl (C=O) groups is 3. The Labute approximate surface area is 202 Å². The van der Waals surface area contributed by atoms with E-state index in [1.807, 2.05) is 48.5 Å². The SMILES string of the molecule is CC(C)[C@H](CC(=O)N1CC(F)(F)C[C@H]1C(=O)O)NC(=O)OCC1c2ccccc2-c2ccccc21. The zero-order valence-corrected chi connectivity index (χ0v) is 19.5. The molecule has 9 heteroatoms. The Kier molecular flexibility index (Phi) is 6.78. The van der Waals surface area contributed by atoms with Gasteiger partial charge in [-0.25, -0.2) is 18.4 Å². The maximum Gasteiger partial charge on any atom is 0.407 e. The van der Waals surface area contributed by atoms with Crippen molar-refractivity contribution in [3.05, 3.63) is 59.7 Å². The molecule has 186 valence electrons. The maximum atomic E-state index is 13.8. The second-order valence-corrected chi connectivity index (χ2v) is 9.46. The van der Waals surface area contributed by atoms with Gasteiger partial charge in [-0.3, -0.25) is 4.79 Å². The van der Waals surface area contributed by atoms with Crippen LogP contribution < -0.4 is 5.32 Å². The largest absolute Gasteiger partial charge is 0.480 e. The molecule has 1 heterocycles. The molecule has 2 N–H and O–H groups in total. The first-order chi connectivity index (χ1) is 16.6. The molecule has 2 aliphatic rings. The van der Waals surface area contributed by atoms with Gasteiger partial charge in [-0.1, -0.05) is 62.4 Å². The van der Waals surface area contributed by atoms with Gasteiger partial charge in [0.2, 0.25) is 5.91 Å². The minimum atomic E-state index is -3.26. The second kappa shape index (κ2) is 9.64. The van der Waals surface area contributed by atoms with Crippen LogP contribution in [0.5, 0.6) is 0 Å². The molecule has 0 aromatic heterocycles. The third kappa shape index (κ3) is 5.13. The van der Waals surface area contributed by atoms with E-state index in [1.54, 1.807) is 13.8 Å². The molecule has 0 radical (unpaired) electrons. The number of nitrogens with zero attached hydrogens (tertiary/aromatic N) is 1. The molecule has 1 saturated heterocycles.